The SMILES string of the molecule is CN(C(=O)Cn1ncc2ccccc2c1=O)C1CCS(=O)(=O)CC1. The molecule has 0 radical (unpaired) electrons. The molecule has 0 spiro atoms. The maximum absolute atomic E-state index is 12.4. The summed E-state index contributed by atoms with van der Waals surface area (Å²) in [5.41, 5.74) is -0.305. The van der Waals surface area contributed by atoms with Crippen molar-refractivity contribution in [3.05, 3.63) is 40.8 Å². The van der Waals surface area contributed by atoms with E-state index >= 15 is 0 Å². The van der Waals surface area contributed by atoms with E-state index in [0.717, 1.165) is 10.1 Å². The van der Waals surface area contributed by atoms with Crippen molar-refractivity contribution in [1.29, 1.82) is 0 Å². The van der Waals surface area contributed by atoms with Crippen molar-refractivity contribution in [1.82, 2.24) is 14.7 Å². The van der Waals surface area contributed by atoms with Crippen LogP contribution in [0.1, 0.15) is 12.8 Å². The summed E-state index contributed by atoms with van der Waals surface area (Å²) < 4.78 is 24.1. The number of hydrogen-bond acceptors (Lipinski definition) is 5. The molecule has 1 aliphatic rings. The lowest BCUT2D eigenvalue weighted by Gasteiger charge is -2.31. The lowest BCUT2D eigenvalue weighted by molar-refractivity contribution is -0.133. The van der Waals surface area contributed by atoms with Crippen molar-refractivity contribution in [2.24, 2.45) is 0 Å². The van der Waals surface area contributed by atoms with Gasteiger partial charge in [0.05, 0.1) is 23.1 Å². The van der Waals surface area contributed by atoms with Crippen LogP contribution in [0.3, 0.4) is 0 Å². The molecule has 0 atom stereocenters. The summed E-state index contributed by atoms with van der Waals surface area (Å²) in [6.07, 6.45) is 2.44. The third-order valence-electron chi connectivity index (χ3n) is 4.51. The lowest BCUT2D eigenvalue weighted by Crippen LogP contribution is -2.44. The summed E-state index contributed by atoms with van der Waals surface area (Å²) in [6, 6.07) is 6.98. The minimum Gasteiger partial charge on any atom is -0.341 e. The molecule has 2 heterocycles. The number of nitrogens with zero attached hydrogens (tertiary/aromatic N) is 3. The van der Waals surface area contributed by atoms with Crippen molar-refractivity contribution < 1.29 is 13.2 Å². The van der Waals surface area contributed by atoms with Crippen LogP contribution in [0.5, 0.6) is 0 Å². The normalized spacial score (nSPS) is 17.7. The Morgan fingerprint density at radius 3 is 2.67 bits per heavy atom. The first-order valence-electron chi connectivity index (χ1n) is 7.78. The van der Waals surface area contributed by atoms with E-state index in [0.29, 0.717) is 18.2 Å². The van der Waals surface area contributed by atoms with Crippen LogP contribution in [0.25, 0.3) is 10.8 Å². The van der Waals surface area contributed by atoms with Crippen LogP contribution < -0.4 is 5.56 Å². The summed E-state index contributed by atoms with van der Waals surface area (Å²) in [4.78, 5) is 26.4. The van der Waals surface area contributed by atoms with Crippen LogP contribution in [0, 0.1) is 0 Å². The van der Waals surface area contributed by atoms with Crippen LogP contribution in [-0.4, -0.2) is 53.6 Å². The Kier molecular flexibility index (Phi) is 4.40. The number of hydrogen-bond donors (Lipinski definition) is 0. The molecule has 1 aromatic heterocycles. The highest BCUT2D eigenvalue weighted by molar-refractivity contribution is 7.91. The molecule has 1 aliphatic heterocycles. The molecule has 1 saturated heterocycles. The molecule has 0 saturated carbocycles. The number of benzene rings is 1. The van der Waals surface area contributed by atoms with Gasteiger partial charge in [0.1, 0.15) is 16.4 Å². The van der Waals surface area contributed by atoms with E-state index in [1.807, 2.05) is 6.07 Å². The van der Waals surface area contributed by atoms with Crippen molar-refractivity contribution >= 4 is 26.5 Å². The van der Waals surface area contributed by atoms with Gasteiger partial charge in [0.25, 0.3) is 5.56 Å². The average Bonchev–Trinajstić information content (AvgIpc) is 2.57. The fourth-order valence-electron chi connectivity index (χ4n) is 2.95. The number of likely N-dealkylation sites (N-methyl/N-ethyl adjacent to an activating group) is 1. The van der Waals surface area contributed by atoms with Crippen molar-refractivity contribution in [3.63, 3.8) is 0 Å². The zero-order valence-electron chi connectivity index (χ0n) is 13.4. The first kappa shape index (κ1) is 16.6. The summed E-state index contributed by atoms with van der Waals surface area (Å²) in [5, 5.41) is 5.31. The quantitative estimate of drug-likeness (QED) is 0.802. The van der Waals surface area contributed by atoms with Gasteiger partial charge in [-0.1, -0.05) is 18.2 Å². The largest absolute Gasteiger partial charge is 0.341 e. The van der Waals surface area contributed by atoms with Gasteiger partial charge >= 0.3 is 0 Å². The van der Waals surface area contributed by atoms with E-state index in [1.165, 1.54) is 4.90 Å². The molecule has 1 amide bonds. The summed E-state index contributed by atoms with van der Waals surface area (Å²) in [5.74, 6) is -0.0448. The molecule has 2 aromatic rings. The Morgan fingerprint density at radius 2 is 1.96 bits per heavy atom. The van der Waals surface area contributed by atoms with Gasteiger partial charge in [-0.05, 0) is 18.9 Å². The van der Waals surface area contributed by atoms with Crippen LogP contribution in [0.2, 0.25) is 0 Å². The number of carbonyl (C=O) groups excluding carboxylic acids is 1. The molecule has 128 valence electrons. The Labute approximate surface area is 139 Å². The summed E-state index contributed by atoms with van der Waals surface area (Å²) in [6.45, 7) is -0.149. The van der Waals surface area contributed by atoms with Gasteiger partial charge in [-0.15, -0.1) is 0 Å². The van der Waals surface area contributed by atoms with Gasteiger partial charge in [0.2, 0.25) is 5.91 Å². The molecule has 1 aromatic carbocycles. The molecule has 8 heteroatoms. The van der Waals surface area contributed by atoms with Crippen LogP contribution >= 0.6 is 0 Å². The number of aromatic nitrogens is 2. The standard InChI is InChI=1S/C16H19N3O4S/c1-18(13-6-8-24(22,23)9-7-13)15(20)11-19-16(21)14-5-3-2-4-12(14)10-17-19/h2-5,10,13H,6-9,11H2,1H3. The zero-order valence-corrected chi connectivity index (χ0v) is 14.2. The molecular formula is C16H19N3O4S. The number of fused-ring (bicyclic) bond motifs is 1. The first-order valence-corrected chi connectivity index (χ1v) is 9.60. The van der Waals surface area contributed by atoms with Crippen LogP contribution in [0.15, 0.2) is 35.3 Å². The summed E-state index contributed by atoms with van der Waals surface area (Å²) in [7, 11) is -1.32. The number of amides is 1. The van der Waals surface area contributed by atoms with Crippen LogP contribution in [0.4, 0.5) is 0 Å². The van der Waals surface area contributed by atoms with Crippen molar-refractivity contribution in [2.45, 2.75) is 25.4 Å². The molecule has 24 heavy (non-hydrogen) atoms. The number of rotatable bonds is 3. The molecular weight excluding hydrogens is 330 g/mol. The van der Waals surface area contributed by atoms with Crippen LogP contribution in [-0.2, 0) is 21.2 Å². The second kappa shape index (κ2) is 6.35. The van der Waals surface area contributed by atoms with Gasteiger partial charge in [-0.25, -0.2) is 13.1 Å². The molecule has 0 unspecified atom stereocenters. The molecule has 0 bridgehead atoms. The van der Waals surface area contributed by atoms with E-state index in [-0.39, 0.29) is 35.6 Å². The second-order valence-corrected chi connectivity index (χ2v) is 8.39. The predicted octanol–water partition coefficient (Wildman–Crippen LogP) is 0.432. The number of carbonyl (C=O) groups is 1. The molecule has 1 fully saturated rings. The zero-order chi connectivity index (χ0) is 17.3. The smallest absolute Gasteiger partial charge is 0.275 e. The predicted molar refractivity (Wildman–Crippen MR) is 90.4 cm³/mol. The highest BCUT2D eigenvalue weighted by Crippen LogP contribution is 2.17. The maximum atomic E-state index is 12.4. The minimum atomic E-state index is -2.97. The van der Waals surface area contributed by atoms with Gasteiger partial charge < -0.3 is 4.90 Å². The fraction of sp³-hybridized carbons (Fsp3) is 0.438. The highest BCUT2D eigenvalue weighted by Gasteiger charge is 2.28. The van der Waals surface area contributed by atoms with Crippen molar-refractivity contribution in [2.75, 3.05) is 18.6 Å². The molecule has 0 N–H and O–H groups in total. The lowest BCUT2D eigenvalue weighted by atomic mass is 10.1. The number of sulfone groups is 1. The Bertz CT molecular complexity index is 922. The van der Waals surface area contributed by atoms with Gasteiger partial charge in [0.15, 0.2) is 0 Å². The van der Waals surface area contributed by atoms with E-state index < -0.39 is 9.84 Å². The average molecular weight is 349 g/mol. The third-order valence-corrected chi connectivity index (χ3v) is 6.23. The van der Waals surface area contributed by atoms with E-state index in [9.17, 15) is 18.0 Å². The van der Waals surface area contributed by atoms with Crippen molar-refractivity contribution in [3.8, 4) is 0 Å². The molecule has 0 aliphatic carbocycles. The monoisotopic (exact) mass is 349 g/mol. The van der Waals surface area contributed by atoms with Gasteiger partial charge in [-0.2, -0.15) is 5.10 Å². The van der Waals surface area contributed by atoms with E-state index in [1.54, 1.807) is 31.4 Å². The maximum Gasteiger partial charge on any atom is 0.275 e. The Morgan fingerprint density at radius 1 is 1.29 bits per heavy atom. The minimum absolute atomic E-state index is 0.101. The van der Waals surface area contributed by atoms with Gasteiger partial charge in [0, 0.05) is 18.5 Å². The first-order chi connectivity index (χ1) is 11.4. The molecule has 3 rings (SSSR count). The topological polar surface area (TPSA) is 89.3 Å². The van der Waals surface area contributed by atoms with E-state index in [4.69, 9.17) is 0 Å². The second-order valence-electron chi connectivity index (χ2n) is 6.08. The molecule has 7 nitrogen and oxygen atoms in total. The third kappa shape index (κ3) is 3.33. The van der Waals surface area contributed by atoms with Gasteiger partial charge in [-0.3, -0.25) is 9.59 Å². The Hall–Kier alpha value is -2.22. The Balaban J connectivity index is 1.75. The highest BCUT2D eigenvalue weighted by atomic mass is 32.2. The fourth-order valence-corrected chi connectivity index (χ4v) is 4.42. The van der Waals surface area contributed by atoms with E-state index in [2.05, 4.69) is 5.10 Å². The summed E-state index contributed by atoms with van der Waals surface area (Å²) >= 11 is 0.